The van der Waals surface area contributed by atoms with E-state index in [0.717, 1.165) is 25.0 Å². The van der Waals surface area contributed by atoms with E-state index in [9.17, 15) is 5.11 Å². The van der Waals surface area contributed by atoms with Crippen molar-refractivity contribution in [3.8, 4) is 0 Å². The topological polar surface area (TPSA) is 33.1 Å². The molecule has 1 aromatic rings. The summed E-state index contributed by atoms with van der Waals surface area (Å²) < 4.78 is 0. The molecule has 2 nitrogen and oxygen atoms in total. The van der Waals surface area contributed by atoms with E-state index in [4.69, 9.17) is 0 Å². The quantitative estimate of drug-likeness (QED) is 0.780. The van der Waals surface area contributed by atoms with Gasteiger partial charge in [-0.2, -0.15) is 0 Å². The highest BCUT2D eigenvalue weighted by Crippen LogP contribution is 2.20. The van der Waals surface area contributed by atoms with E-state index < -0.39 is 0 Å². The molecule has 0 aliphatic rings. The van der Waals surface area contributed by atoms with Gasteiger partial charge in [0.2, 0.25) is 0 Å². The van der Waals surface area contributed by atoms with Crippen LogP contribution in [0, 0.1) is 0 Å². The summed E-state index contributed by atoms with van der Waals surface area (Å²) in [5.41, 5.74) is 0.983. The molecule has 14 heavy (non-hydrogen) atoms. The lowest BCUT2D eigenvalue weighted by Crippen LogP contribution is -2.16. The zero-order chi connectivity index (χ0) is 10.4. The van der Waals surface area contributed by atoms with Crippen molar-refractivity contribution in [3.05, 3.63) is 30.1 Å². The fraction of sp³-hybridized carbons (Fsp3) is 0.583. The third kappa shape index (κ3) is 3.11. The molecule has 2 heteroatoms. The maximum absolute atomic E-state index is 9.86. The second kappa shape index (κ2) is 5.76. The van der Waals surface area contributed by atoms with Crippen LogP contribution in [0.4, 0.5) is 0 Å². The van der Waals surface area contributed by atoms with Crippen molar-refractivity contribution < 1.29 is 5.11 Å². The van der Waals surface area contributed by atoms with Gasteiger partial charge in [0, 0.05) is 17.8 Å². The van der Waals surface area contributed by atoms with Gasteiger partial charge in [-0.15, -0.1) is 0 Å². The van der Waals surface area contributed by atoms with Gasteiger partial charge in [0.15, 0.2) is 0 Å². The van der Waals surface area contributed by atoms with E-state index in [0.29, 0.717) is 0 Å². The van der Waals surface area contributed by atoms with E-state index >= 15 is 0 Å². The molecule has 2 unspecified atom stereocenters. The Kier molecular flexibility index (Phi) is 4.60. The third-order valence-electron chi connectivity index (χ3n) is 2.58. The first kappa shape index (κ1) is 11.2. The van der Waals surface area contributed by atoms with Crippen molar-refractivity contribution in [2.24, 2.45) is 0 Å². The first-order valence-corrected chi connectivity index (χ1v) is 5.34. The van der Waals surface area contributed by atoms with Crippen molar-refractivity contribution in [1.29, 1.82) is 0 Å². The van der Waals surface area contributed by atoms with Gasteiger partial charge in [-0.05, 0) is 18.6 Å². The van der Waals surface area contributed by atoms with Crippen LogP contribution in [0.5, 0.6) is 0 Å². The van der Waals surface area contributed by atoms with Crippen molar-refractivity contribution in [2.45, 2.75) is 45.1 Å². The van der Waals surface area contributed by atoms with Gasteiger partial charge < -0.3 is 5.11 Å². The van der Waals surface area contributed by atoms with Crippen molar-refractivity contribution in [2.75, 3.05) is 0 Å². The fourth-order valence-electron chi connectivity index (χ4n) is 1.51. The van der Waals surface area contributed by atoms with Crippen LogP contribution in [-0.4, -0.2) is 16.2 Å². The van der Waals surface area contributed by atoms with E-state index in [1.807, 2.05) is 25.1 Å². The zero-order valence-corrected chi connectivity index (χ0v) is 8.98. The first-order valence-electron chi connectivity index (χ1n) is 5.34. The minimum Gasteiger partial charge on any atom is -0.392 e. The van der Waals surface area contributed by atoms with Gasteiger partial charge in [0.05, 0.1) is 6.10 Å². The molecule has 0 radical (unpaired) electrons. The van der Waals surface area contributed by atoms with Crippen LogP contribution in [-0.2, 0) is 0 Å². The Morgan fingerprint density at radius 2 is 2.21 bits per heavy atom. The number of unbranched alkanes of at least 4 members (excludes halogenated alkanes) is 1. The Hall–Kier alpha value is -0.890. The zero-order valence-electron chi connectivity index (χ0n) is 8.98. The van der Waals surface area contributed by atoms with E-state index in [1.165, 1.54) is 0 Å². The van der Waals surface area contributed by atoms with Crippen LogP contribution in [0.3, 0.4) is 0 Å². The van der Waals surface area contributed by atoms with Crippen molar-refractivity contribution >= 4 is 0 Å². The number of hydrogen-bond acceptors (Lipinski definition) is 2. The summed E-state index contributed by atoms with van der Waals surface area (Å²) in [6.45, 7) is 4.17. The van der Waals surface area contributed by atoms with E-state index in [-0.39, 0.29) is 12.0 Å². The summed E-state index contributed by atoms with van der Waals surface area (Å²) in [5.74, 6) is 0.141. The summed E-state index contributed by atoms with van der Waals surface area (Å²) in [6.07, 6.45) is 4.60. The molecule has 0 saturated heterocycles. The van der Waals surface area contributed by atoms with Crippen molar-refractivity contribution in [1.82, 2.24) is 4.98 Å². The molecule has 1 heterocycles. The standard InChI is InChI=1S/C12H19NO/c1-3-4-8-12(14)10(2)11-7-5-6-9-13-11/h5-7,9-10,12,14H,3-4,8H2,1-2H3. The number of aliphatic hydroxyl groups is 1. The minimum atomic E-state index is -0.259. The largest absolute Gasteiger partial charge is 0.392 e. The molecule has 0 amide bonds. The number of rotatable bonds is 5. The molecular formula is C12H19NO. The predicted molar refractivity (Wildman–Crippen MR) is 58.2 cm³/mol. The van der Waals surface area contributed by atoms with E-state index in [1.54, 1.807) is 6.20 Å². The Morgan fingerprint density at radius 3 is 2.79 bits per heavy atom. The molecule has 0 saturated carbocycles. The number of pyridine rings is 1. The second-order valence-electron chi connectivity index (χ2n) is 3.75. The molecule has 0 aliphatic carbocycles. The van der Waals surface area contributed by atoms with Gasteiger partial charge >= 0.3 is 0 Å². The highest BCUT2D eigenvalue weighted by Gasteiger charge is 2.16. The van der Waals surface area contributed by atoms with Crippen LogP contribution in [0.1, 0.15) is 44.7 Å². The molecule has 0 bridgehead atoms. The smallest absolute Gasteiger partial charge is 0.0621 e. The number of nitrogens with zero attached hydrogens (tertiary/aromatic N) is 1. The molecule has 1 rings (SSSR count). The number of aliphatic hydroxyl groups excluding tert-OH is 1. The number of aromatic nitrogens is 1. The maximum Gasteiger partial charge on any atom is 0.0621 e. The molecule has 0 spiro atoms. The third-order valence-corrected chi connectivity index (χ3v) is 2.58. The Morgan fingerprint density at radius 1 is 1.43 bits per heavy atom. The first-order chi connectivity index (χ1) is 6.75. The van der Waals surface area contributed by atoms with Crippen LogP contribution < -0.4 is 0 Å². The molecule has 0 aliphatic heterocycles. The van der Waals surface area contributed by atoms with Crippen LogP contribution in [0.2, 0.25) is 0 Å². The summed E-state index contributed by atoms with van der Waals surface area (Å²) in [7, 11) is 0. The SMILES string of the molecule is CCCCC(O)C(C)c1ccccn1. The molecule has 78 valence electrons. The summed E-state index contributed by atoms with van der Waals surface area (Å²) in [4.78, 5) is 4.25. The van der Waals surface area contributed by atoms with Crippen LogP contribution in [0.25, 0.3) is 0 Å². The monoisotopic (exact) mass is 193 g/mol. The van der Waals surface area contributed by atoms with Crippen LogP contribution in [0.15, 0.2) is 24.4 Å². The Labute approximate surface area is 86.0 Å². The Balaban J connectivity index is 2.52. The highest BCUT2D eigenvalue weighted by atomic mass is 16.3. The Bertz CT molecular complexity index is 248. The number of hydrogen-bond donors (Lipinski definition) is 1. The molecule has 2 atom stereocenters. The lowest BCUT2D eigenvalue weighted by molar-refractivity contribution is 0.135. The van der Waals surface area contributed by atoms with Gasteiger partial charge in [-0.1, -0.05) is 32.8 Å². The van der Waals surface area contributed by atoms with Crippen LogP contribution >= 0.6 is 0 Å². The predicted octanol–water partition coefficient (Wildman–Crippen LogP) is 2.74. The normalized spacial score (nSPS) is 15.1. The molecular weight excluding hydrogens is 174 g/mol. The van der Waals surface area contributed by atoms with Gasteiger partial charge in [0.25, 0.3) is 0 Å². The minimum absolute atomic E-state index is 0.141. The lowest BCUT2D eigenvalue weighted by Gasteiger charge is -2.17. The molecule has 1 N–H and O–H groups in total. The average molecular weight is 193 g/mol. The van der Waals surface area contributed by atoms with Gasteiger partial charge in [-0.3, -0.25) is 4.98 Å². The van der Waals surface area contributed by atoms with E-state index in [2.05, 4.69) is 11.9 Å². The molecule has 0 aromatic carbocycles. The molecule has 1 aromatic heterocycles. The lowest BCUT2D eigenvalue weighted by atomic mass is 9.96. The maximum atomic E-state index is 9.86. The van der Waals surface area contributed by atoms with Gasteiger partial charge in [0.1, 0.15) is 0 Å². The molecule has 0 fully saturated rings. The van der Waals surface area contributed by atoms with Gasteiger partial charge in [-0.25, -0.2) is 0 Å². The second-order valence-corrected chi connectivity index (χ2v) is 3.75. The van der Waals surface area contributed by atoms with Crippen molar-refractivity contribution in [3.63, 3.8) is 0 Å². The summed E-state index contributed by atoms with van der Waals surface area (Å²) >= 11 is 0. The summed E-state index contributed by atoms with van der Waals surface area (Å²) in [6, 6.07) is 5.83. The average Bonchev–Trinajstić information content (AvgIpc) is 2.26. The fourth-order valence-corrected chi connectivity index (χ4v) is 1.51. The highest BCUT2D eigenvalue weighted by molar-refractivity contribution is 5.09. The summed E-state index contributed by atoms with van der Waals surface area (Å²) in [5, 5.41) is 9.86.